The van der Waals surface area contributed by atoms with Crippen LogP contribution in [0.5, 0.6) is 0 Å². The molecule has 0 aromatic carbocycles. The smallest absolute Gasteiger partial charge is 0.321 e. The molecule has 1 fully saturated rings. The van der Waals surface area contributed by atoms with E-state index in [1.165, 1.54) is 0 Å². The highest BCUT2D eigenvalue weighted by molar-refractivity contribution is 6.26. The number of halogens is 2. The van der Waals surface area contributed by atoms with Crippen LogP contribution in [0.3, 0.4) is 0 Å². The number of carbonyl (C=O) groups excluding carboxylic acids is 2. The van der Waals surface area contributed by atoms with Gasteiger partial charge in [0.25, 0.3) is 0 Å². The molecule has 0 bridgehead atoms. The van der Waals surface area contributed by atoms with Gasteiger partial charge in [0.15, 0.2) is 0 Å². The summed E-state index contributed by atoms with van der Waals surface area (Å²) < 4.78 is 10.1. The van der Waals surface area contributed by atoms with E-state index in [-0.39, 0.29) is 24.0 Å². The Bertz CT molecular complexity index is 220. The minimum absolute atomic E-state index is 0.188. The highest BCUT2D eigenvalue weighted by atomic mass is 35.5. The zero-order valence-corrected chi connectivity index (χ0v) is 9.59. The van der Waals surface area contributed by atoms with Gasteiger partial charge in [-0.25, -0.2) is 0 Å². The fraction of sp³-hybridized carbons (Fsp3) is 0.778. The SMILES string of the molecule is O=C(CCl)O[C@@H]1CCC[C@H]1OC(=O)CCl. The first kappa shape index (κ1) is 12.6. The van der Waals surface area contributed by atoms with Crippen molar-refractivity contribution in [1.29, 1.82) is 0 Å². The summed E-state index contributed by atoms with van der Waals surface area (Å²) in [6.45, 7) is 0. The number of hydrogen-bond donors (Lipinski definition) is 0. The molecule has 6 heteroatoms. The first-order valence-corrected chi connectivity index (χ1v) is 5.75. The third-order valence-corrected chi connectivity index (χ3v) is 2.61. The Morgan fingerprint density at radius 1 is 1.00 bits per heavy atom. The van der Waals surface area contributed by atoms with Crippen molar-refractivity contribution in [3.63, 3.8) is 0 Å². The van der Waals surface area contributed by atoms with E-state index in [4.69, 9.17) is 32.7 Å². The Hall–Kier alpha value is -0.480. The van der Waals surface area contributed by atoms with E-state index >= 15 is 0 Å². The predicted octanol–water partition coefficient (Wildman–Crippen LogP) is 1.47. The van der Waals surface area contributed by atoms with Gasteiger partial charge < -0.3 is 9.47 Å². The highest BCUT2D eigenvalue weighted by Gasteiger charge is 2.33. The lowest BCUT2D eigenvalue weighted by molar-refractivity contribution is -0.161. The number of rotatable bonds is 4. The lowest BCUT2D eigenvalue weighted by Gasteiger charge is -2.19. The largest absolute Gasteiger partial charge is 0.458 e. The van der Waals surface area contributed by atoms with Gasteiger partial charge in [-0.2, -0.15) is 0 Å². The molecule has 0 heterocycles. The predicted molar refractivity (Wildman–Crippen MR) is 55.1 cm³/mol. The fourth-order valence-corrected chi connectivity index (χ4v) is 1.69. The molecular formula is C9H12Cl2O4. The Morgan fingerprint density at radius 3 is 1.73 bits per heavy atom. The molecule has 1 rings (SSSR count). The third kappa shape index (κ3) is 3.87. The average Bonchev–Trinajstić information content (AvgIpc) is 2.65. The lowest BCUT2D eigenvalue weighted by atomic mass is 10.2. The molecule has 1 aliphatic carbocycles. The standard InChI is InChI=1S/C9H12Cl2O4/c10-4-8(12)14-6-2-1-3-7(6)15-9(13)5-11/h6-7H,1-5H2/t6-,7-/m1/s1. The second-order valence-electron chi connectivity index (χ2n) is 3.25. The molecule has 0 aliphatic heterocycles. The van der Waals surface area contributed by atoms with Gasteiger partial charge in [0, 0.05) is 0 Å². The fourth-order valence-electron chi connectivity index (χ4n) is 1.56. The van der Waals surface area contributed by atoms with Crippen molar-refractivity contribution in [2.75, 3.05) is 11.8 Å². The second-order valence-corrected chi connectivity index (χ2v) is 3.79. The van der Waals surface area contributed by atoms with Crippen LogP contribution in [-0.4, -0.2) is 35.9 Å². The van der Waals surface area contributed by atoms with Gasteiger partial charge >= 0.3 is 11.9 Å². The van der Waals surface area contributed by atoms with Gasteiger partial charge in [-0.15, -0.1) is 23.2 Å². The van der Waals surface area contributed by atoms with Gasteiger partial charge in [0.2, 0.25) is 0 Å². The van der Waals surface area contributed by atoms with E-state index in [1.807, 2.05) is 0 Å². The van der Waals surface area contributed by atoms with Crippen molar-refractivity contribution in [2.45, 2.75) is 31.5 Å². The molecule has 0 unspecified atom stereocenters. The van der Waals surface area contributed by atoms with Gasteiger partial charge in [0.05, 0.1) is 0 Å². The van der Waals surface area contributed by atoms with E-state index in [0.29, 0.717) is 12.8 Å². The maximum Gasteiger partial charge on any atom is 0.321 e. The molecule has 1 saturated carbocycles. The van der Waals surface area contributed by atoms with Crippen molar-refractivity contribution in [1.82, 2.24) is 0 Å². The summed E-state index contributed by atoms with van der Waals surface area (Å²) in [6, 6.07) is 0. The van der Waals surface area contributed by atoms with Crippen LogP contribution in [0.4, 0.5) is 0 Å². The molecular weight excluding hydrogens is 243 g/mol. The number of esters is 2. The first-order chi connectivity index (χ1) is 7.17. The molecule has 0 spiro atoms. The Morgan fingerprint density at radius 2 is 1.40 bits per heavy atom. The van der Waals surface area contributed by atoms with Crippen molar-refractivity contribution in [3.8, 4) is 0 Å². The minimum atomic E-state index is -0.490. The quantitative estimate of drug-likeness (QED) is 0.564. The molecule has 0 amide bonds. The Kier molecular flexibility index (Phi) is 5.19. The molecule has 15 heavy (non-hydrogen) atoms. The van der Waals surface area contributed by atoms with E-state index in [1.54, 1.807) is 0 Å². The molecule has 4 nitrogen and oxygen atoms in total. The van der Waals surface area contributed by atoms with Crippen molar-refractivity contribution in [3.05, 3.63) is 0 Å². The van der Waals surface area contributed by atoms with E-state index < -0.39 is 11.9 Å². The molecule has 1 aliphatic rings. The monoisotopic (exact) mass is 254 g/mol. The highest BCUT2D eigenvalue weighted by Crippen LogP contribution is 2.25. The van der Waals surface area contributed by atoms with E-state index in [0.717, 1.165) is 6.42 Å². The molecule has 0 aromatic rings. The molecule has 86 valence electrons. The van der Waals surface area contributed by atoms with Crippen LogP contribution in [-0.2, 0) is 19.1 Å². The number of alkyl halides is 2. The third-order valence-electron chi connectivity index (χ3n) is 2.18. The van der Waals surface area contributed by atoms with Crippen LogP contribution in [0, 0.1) is 0 Å². The summed E-state index contributed by atoms with van der Waals surface area (Å²) in [7, 11) is 0. The minimum Gasteiger partial charge on any atom is -0.458 e. The molecule has 2 atom stereocenters. The summed E-state index contributed by atoms with van der Waals surface area (Å²) in [4.78, 5) is 21.9. The van der Waals surface area contributed by atoms with Crippen LogP contribution in [0.25, 0.3) is 0 Å². The summed E-state index contributed by atoms with van der Waals surface area (Å²) in [5.41, 5.74) is 0. The van der Waals surface area contributed by atoms with Crippen LogP contribution in [0.1, 0.15) is 19.3 Å². The first-order valence-electron chi connectivity index (χ1n) is 4.68. The van der Waals surface area contributed by atoms with Crippen molar-refractivity contribution < 1.29 is 19.1 Å². The zero-order chi connectivity index (χ0) is 11.3. The maximum atomic E-state index is 10.9. The number of ether oxygens (including phenoxy) is 2. The van der Waals surface area contributed by atoms with Gasteiger partial charge in [-0.05, 0) is 19.3 Å². The van der Waals surface area contributed by atoms with Gasteiger partial charge in [-0.3, -0.25) is 9.59 Å². The van der Waals surface area contributed by atoms with Crippen LogP contribution in [0.2, 0.25) is 0 Å². The Labute approximate surface area is 97.8 Å². The summed E-state index contributed by atoms with van der Waals surface area (Å²) >= 11 is 10.6. The topological polar surface area (TPSA) is 52.6 Å². The zero-order valence-electron chi connectivity index (χ0n) is 8.08. The summed E-state index contributed by atoms with van der Waals surface area (Å²) in [5, 5.41) is 0. The molecule has 0 N–H and O–H groups in total. The lowest BCUT2D eigenvalue weighted by Crippen LogP contribution is -2.31. The summed E-state index contributed by atoms with van der Waals surface area (Å²) in [6.07, 6.45) is 1.51. The van der Waals surface area contributed by atoms with Crippen LogP contribution >= 0.6 is 23.2 Å². The molecule has 0 aromatic heterocycles. The Balaban J connectivity index is 2.42. The van der Waals surface area contributed by atoms with Crippen LogP contribution in [0.15, 0.2) is 0 Å². The van der Waals surface area contributed by atoms with Crippen LogP contribution < -0.4 is 0 Å². The maximum absolute atomic E-state index is 10.9. The average molecular weight is 255 g/mol. The molecule has 0 saturated heterocycles. The number of carbonyl (C=O) groups is 2. The second kappa shape index (κ2) is 6.18. The van der Waals surface area contributed by atoms with Crippen molar-refractivity contribution in [2.24, 2.45) is 0 Å². The normalized spacial score (nSPS) is 24.9. The van der Waals surface area contributed by atoms with E-state index in [2.05, 4.69) is 0 Å². The van der Waals surface area contributed by atoms with Crippen molar-refractivity contribution >= 4 is 35.1 Å². The summed E-state index contributed by atoms with van der Waals surface area (Å²) in [5.74, 6) is -1.36. The number of hydrogen-bond acceptors (Lipinski definition) is 4. The van der Waals surface area contributed by atoms with Gasteiger partial charge in [-0.1, -0.05) is 0 Å². The van der Waals surface area contributed by atoms with E-state index in [9.17, 15) is 9.59 Å². The molecule has 0 radical (unpaired) electrons. The van der Waals surface area contributed by atoms with Gasteiger partial charge in [0.1, 0.15) is 24.0 Å².